The quantitative estimate of drug-likeness (QED) is 0.767. The van der Waals surface area contributed by atoms with Gasteiger partial charge in [0, 0.05) is 12.8 Å². The fourth-order valence-corrected chi connectivity index (χ4v) is 2.04. The highest BCUT2D eigenvalue weighted by Crippen LogP contribution is 2.17. The summed E-state index contributed by atoms with van der Waals surface area (Å²) in [5.41, 5.74) is 6.45. The van der Waals surface area contributed by atoms with E-state index >= 15 is 0 Å². The summed E-state index contributed by atoms with van der Waals surface area (Å²) >= 11 is 0. The first-order valence-corrected chi connectivity index (χ1v) is 5.72. The number of aromatic nitrogens is 1. The highest BCUT2D eigenvalue weighted by Gasteiger charge is 2.16. The van der Waals surface area contributed by atoms with Crippen molar-refractivity contribution < 1.29 is 4.42 Å². The van der Waals surface area contributed by atoms with E-state index in [1.165, 1.54) is 12.8 Å². The van der Waals surface area contributed by atoms with Crippen LogP contribution in [-0.4, -0.2) is 24.6 Å². The van der Waals surface area contributed by atoms with Crippen molar-refractivity contribution in [2.24, 2.45) is 11.7 Å². The number of hydrogen-bond acceptors (Lipinski definition) is 4. The fraction of sp³-hybridized carbons (Fsp3) is 0.727. The minimum atomic E-state index is 0.638. The van der Waals surface area contributed by atoms with Gasteiger partial charge >= 0.3 is 0 Å². The third kappa shape index (κ3) is 3.04. The lowest BCUT2D eigenvalue weighted by Gasteiger charge is -2.20. The van der Waals surface area contributed by atoms with Gasteiger partial charge in [0.15, 0.2) is 5.89 Å². The minimum absolute atomic E-state index is 0.638. The molecule has 0 aliphatic carbocycles. The first-order valence-electron chi connectivity index (χ1n) is 5.72. The van der Waals surface area contributed by atoms with Gasteiger partial charge in [0.25, 0.3) is 0 Å². The van der Waals surface area contributed by atoms with Gasteiger partial charge in [-0.25, -0.2) is 4.98 Å². The molecule has 2 heterocycles. The van der Waals surface area contributed by atoms with E-state index in [1.54, 1.807) is 6.26 Å². The van der Waals surface area contributed by atoms with Crippen LogP contribution in [0.4, 0.5) is 0 Å². The average molecular weight is 209 g/mol. The van der Waals surface area contributed by atoms with Crippen LogP contribution in [0.3, 0.4) is 0 Å². The normalized spacial score (nSPS) is 18.2. The Morgan fingerprint density at radius 3 is 3.00 bits per heavy atom. The van der Waals surface area contributed by atoms with Crippen LogP contribution in [0.2, 0.25) is 0 Å². The summed E-state index contributed by atoms with van der Waals surface area (Å²) < 4.78 is 5.43. The Labute approximate surface area is 90.2 Å². The van der Waals surface area contributed by atoms with E-state index in [9.17, 15) is 0 Å². The first kappa shape index (κ1) is 10.6. The maximum absolute atomic E-state index is 5.46. The van der Waals surface area contributed by atoms with Crippen LogP contribution in [0.15, 0.2) is 10.7 Å². The second-order valence-electron chi connectivity index (χ2n) is 4.17. The molecule has 0 saturated carbocycles. The summed E-state index contributed by atoms with van der Waals surface area (Å²) in [6, 6.07) is 0. The Bertz CT molecular complexity index is 292. The number of oxazole rings is 1. The van der Waals surface area contributed by atoms with Gasteiger partial charge in [0.05, 0.1) is 5.69 Å². The number of nitrogens with one attached hydrogen (secondary N) is 1. The summed E-state index contributed by atoms with van der Waals surface area (Å²) in [6.07, 6.45) is 5.99. The first-order chi connectivity index (χ1) is 7.38. The number of nitrogens with zero attached hydrogens (tertiary/aromatic N) is 1. The molecule has 0 radical (unpaired) electrons. The molecule has 1 fully saturated rings. The van der Waals surface area contributed by atoms with Crippen LogP contribution >= 0.6 is 0 Å². The molecular weight excluding hydrogens is 190 g/mol. The van der Waals surface area contributed by atoms with E-state index in [0.717, 1.165) is 43.4 Å². The number of rotatable bonds is 4. The molecular formula is C11H19N3O. The molecule has 0 unspecified atom stereocenters. The Hall–Kier alpha value is -0.870. The van der Waals surface area contributed by atoms with Crippen LogP contribution in [0.5, 0.6) is 0 Å². The highest BCUT2D eigenvalue weighted by molar-refractivity contribution is 4.98. The molecule has 0 aromatic carbocycles. The largest absolute Gasteiger partial charge is 0.449 e. The van der Waals surface area contributed by atoms with E-state index in [2.05, 4.69) is 10.3 Å². The van der Waals surface area contributed by atoms with Crippen LogP contribution in [0, 0.1) is 5.92 Å². The van der Waals surface area contributed by atoms with Crippen molar-refractivity contribution in [1.82, 2.24) is 10.3 Å². The summed E-state index contributed by atoms with van der Waals surface area (Å²) in [6.45, 7) is 2.89. The zero-order valence-corrected chi connectivity index (χ0v) is 9.04. The topological polar surface area (TPSA) is 64.1 Å². The zero-order valence-electron chi connectivity index (χ0n) is 9.04. The van der Waals surface area contributed by atoms with Crippen LogP contribution in [-0.2, 0) is 12.8 Å². The second-order valence-corrected chi connectivity index (χ2v) is 4.17. The molecule has 3 N–H and O–H groups in total. The third-order valence-corrected chi connectivity index (χ3v) is 2.92. The molecule has 1 aliphatic rings. The number of nitrogens with two attached hydrogens (primary N) is 1. The van der Waals surface area contributed by atoms with Gasteiger partial charge in [-0.1, -0.05) is 0 Å². The van der Waals surface area contributed by atoms with E-state index < -0.39 is 0 Å². The molecule has 1 aliphatic heterocycles. The molecule has 1 aromatic heterocycles. The standard InChI is InChI=1S/C11H19N3O/c12-4-1-10-8-15-11(14-10)7-9-2-5-13-6-3-9/h8-9,13H,1-7,12H2. The Morgan fingerprint density at radius 2 is 2.27 bits per heavy atom. The van der Waals surface area contributed by atoms with Gasteiger partial charge < -0.3 is 15.5 Å². The lowest BCUT2D eigenvalue weighted by atomic mass is 9.95. The van der Waals surface area contributed by atoms with Gasteiger partial charge in [-0.15, -0.1) is 0 Å². The maximum atomic E-state index is 5.46. The maximum Gasteiger partial charge on any atom is 0.194 e. The van der Waals surface area contributed by atoms with Crippen molar-refractivity contribution in [3.05, 3.63) is 17.8 Å². The summed E-state index contributed by atoms with van der Waals surface area (Å²) in [4.78, 5) is 4.43. The monoisotopic (exact) mass is 209 g/mol. The Balaban J connectivity index is 1.86. The number of piperidine rings is 1. The Kier molecular flexibility index (Phi) is 3.75. The molecule has 0 bridgehead atoms. The summed E-state index contributed by atoms with van der Waals surface area (Å²) in [5.74, 6) is 1.61. The van der Waals surface area contributed by atoms with Crippen molar-refractivity contribution >= 4 is 0 Å². The molecule has 4 heteroatoms. The third-order valence-electron chi connectivity index (χ3n) is 2.92. The molecule has 0 atom stereocenters. The molecule has 4 nitrogen and oxygen atoms in total. The van der Waals surface area contributed by atoms with Crippen molar-refractivity contribution in [3.63, 3.8) is 0 Å². The smallest absolute Gasteiger partial charge is 0.194 e. The zero-order chi connectivity index (χ0) is 10.5. The van der Waals surface area contributed by atoms with Gasteiger partial charge in [0.1, 0.15) is 6.26 Å². The fourth-order valence-electron chi connectivity index (χ4n) is 2.04. The average Bonchev–Trinajstić information content (AvgIpc) is 2.68. The van der Waals surface area contributed by atoms with E-state index in [4.69, 9.17) is 10.2 Å². The van der Waals surface area contributed by atoms with Crippen molar-refractivity contribution in [1.29, 1.82) is 0 Å². The van der Waals surface area contributed by atoms with Crippen molar-refractivity contribution in [2.45, 2.75) is 25.7 Å². The molecule has 0 spiro atoms. The molecule has 1 aromatic rings. The van der Waals surface area contributed by atoms with Gasteiger partial charge in [-0.2, -0.15) is 0 Å². The van der Waals surface area contributed by atoms with Crippen molar-refractivity contribution in [3.8, 4) is 0 Å². The predicted octanol–water partition coefficient (Wildman–Crippen LogP) is 0.718. The Morgan fingerprint density at radius 1 is 1.47 bits per heavy atom. The summed E-state index contributed by atoms with van der Waals surface area (Å²) in [7, 11) is 0. The molecule has 2 rings (SSSR count). The van der Waals surface area contributed by atoms with Crippen molar-refractivity contribution in [2.75, 3.05) is 19.6 Å². The summed E-state index contributed by atoms with van der Waals surface area (Å²) in [5, 5.41) is 3.36. The molecule has 0 amide bonds. The highest BCUT2D eigenvalue weighted by atomic mass is 16.3. The SMILES string of the molecule is NCCc1coc(CC2CCNCC2)n1. The van der Waals surface area contributed by atoms with E-state index in [-0.39, 0.29) is 0 Å². The molecule has 84 valence electrons. The van der Waals surface area contributed by atoms with E-state index in [0.29, 0.717) is 6.54 Å². The van der Waals surface area contributed by atoms with Gasteiger partial charge in [-0.3, -0.25) is 0 Å². The van der Waals surface area contributed by atoms with Gasteiger partial charge in [-0.05, 0) is 38.4 Å². The van der Waals surface area contributed by atoms with Gasteiger partial charge in [0.2, 0.25) is 0 Å². The minimum Gasteiger partial charge on any atom is -0.449 e. The van der Waals surface area contributed by atoms with Crippen LogP contribution in [0.25, 0.3) is 0 Å². The molecule has 15 heavy (non-hydrogen) atoms. The van der Waals surface area contributed by atoms with Crippen LogP contribution in [0.1, 0.15) is 24.4 Å². The second kappa shape index (κ2) is 5.28. The van der Waals surface area contributed by atoms with E-state index in [1.807, 2.05) is 0 Å². The molecule has 1 saturated heterocycles. The lowest BCUT2D eigenvalue weighted by molar-refractivity contribution is 0.341. The number of hydrogen-bond donors (Lipinski definition) is 2. The lowest BCUT2D eigenvalue weighted by Crippen LogP contribution is -2.28. The van der Waals surface area contributed by atoms with Crippen LogP contribution < -0.4 is 11.1 Å². The predicted molar refractivity (Wildman–Crippen MR) is 58.6 cm³/mol.